The molecule has 17 heavy (non-hydrogen) atoms. The first-order valence-corrected chi connectivity index (χ1v) is 7.22. The van der Waals surface area contributed by atoms with E-state index in [2.05, 4.69) is 36.4 Å². The molecule has 5 heteroatoms. The third kappa shape index (κ3) is 5.44. The molecule has 0 saturated heterocycles. The van der Waals surface area contributed by atoms with E-state index in [0.29, 0.717) is 12.0 Å². The molecule has 0 aromatic heterocycles. The Morgan fingerprint density at radius 1 is 1.53 bits per heavy atom. The van der Waals surface area contributed by atoms with Crippen LogP contribution in [0.3, 0.4) is 0 Å². The second-order valence-corrected chi connectivity index (χ2v) is 6.01. The van der Waals surface area contributed by atoms with E-state index in [9.17, 15) is 4.79 Å². The summed E-state index contributed by atoms with van der Waals surface area (Å²) in [4.78, 5) is 16.3. The molecule has 0 saturated carbocycles. The van der Waals surface area contributed by atoms with Crippen molar-refractivity contribution in [3.05, 3.63) is 0 Å². The highest BCUT2D eigenvalue weighted by atomic mass is 32.2. The molecular formula is C12H23N3OS. The van der Waals surface area contributed by atoms with Crippen LogP contribution in [0.5, 0.6) is 0 Å². The first-order chi connectivity index (χ1) is 7.99. The van der Waals surface area contributed by atoms with Gasteiger partial charge in [0.05, 0.1) is 6.04 Å². The molecule has 0 fully saturated rings. The van der Waals surface area contributed by atoms with Crippen molar-refractivity contribution in [2.75, 3.05) is 12.3 Å². The fourth-order valence-corrected chi connectivity index (χ4v) is 2.58. The zero-order valence-corrected chi connectivity index (χ0v) is 11.9. The van der Waals surface area contributed by atoms with Crippen molar-refractivity contribution in [1.82, 2.24) is 10.6 Å². The minimum atomic E-state index is -0.217. The summed E-state index contributed by atoms with van der Waals surface area (Å²) in [6.45, 7) is 8.87. The van der Waals surface area contributed by atoms with Crippen molar-refractivity contribution >= 4 is 22.8 Å². The predicted molar refractivity (Wildman–Crippen MR) is 74.4 cm³/mol. The number of amides is 1. The van der Waals surface area contributed by atoms with Gasteiger partial charge in [0.2, 0.25) is 5.91 Å². The van der Waals surface area contributed by atoms with Crippen LogP contribution >= 0.6 is 11.8 Å². The van der Waals surface area contributed by atoms with Gasteiger partial charge in [-0.2, -0.15) is 0 Å². The molecule has 98 valence electrons. The zero-order valence-electron chi connectivity index (χ0n) is 11.1. The van der Waals surface area contributed by atoms with Gasteiger partial charge in [-0.1, -0.05) is 25.6 Å². The van der Waals surface area contributed by atoms with E-state index in [-0.39, 0.29) is 11.9 Å². The normalized spacial score (nSPS) is 21.9. The molecule has 0 bridgehead atoms. The van der Waals surface area contributed by atoms with Crippen LogP contribution in [0.15, 0.2) is 4.99 Å². The van der Waals surface area contributed by atoms with Crippen LogP contribution in [0, 0.1) is 5.92 Å². The van der Waals surface area contributed by atoms with Crippen LogP contribution < -0.4 is 10.6 Å². The van der Waals surface area contributed by atoms with Crippen molar-refractivity contribution in [3.8, 4) is 0 Å². The maximum atomic E-state index is 11.8. The molecule has 0 aliphatic carbocycles. The smallest absolute Gasteiger partial charge is 0.242 e. The van der Waals surface area contributed by atoms with Gasteiger partial charge in [-0.3, -0.25) is 9.79 Å². The lowest BCUT2D eigenvalue weighted by molar-refractivity contribution is -0.122. The van der Waals surface area contributed by atoms with Gasteiger partial charge in [0.1, 0.15) is 6.04 Å². The molecule has 1 aliphatic heterocycles. The molecule has 0 radical (unpaired) electrons. The highest BCUT2D eigenvalue weighted by Gasteiger charge is 2.17. The van der Waals surface area contributed by atoms with Crippen molar-refractivity contribution < 1.29 is 4.79 Å². The number of carbonyl (C=O) groups is 1. The summed E-state index contributed by atoms with van der Waals surface area (Å²) >= 11 is 1.70. The minimum Gasteiger partial charge on any atom is -0.354 e. The maximum absolute atomic E-state index is 11.8. The lowest BCUT2D eigenvalue weighted by Crippen LogP contribution is -2.45. The lowest BCUT2D eigenvalue weighted by Gasteiger charge is -2.21. The number of hydrogen-bond acceptors (Lipinski definition) is 4. The zero-order chi connectivity index (χ0) is 12.8. The first kappa shape index (κ1) is 14.4. The molecule has 1 amide bonds. The summed E-state index contributed by atoms with van der Waals surface area (Å²) < 4.78 is 0. The number of hydrogen-bond donors (Lipinski definition) is 2. The first-order valence-electron chi connectivity index (χ1n) is 6.24. The Labute approximate surface area is 108 Å². The Morgan fingerprint density at radius 2 is 2.24 bits per heavy atom. The molecule has 1 aliphatic rings. The summed E-state index contributed by atoms with van der Waals surface area (Å²) in [5.74, 6) is 1.60. The quantitative estimate of drug-likeness (QED) is 0.804. The van der Waals surface area contributed by atoms with Crippen LogP contribution in [-0.2, 0) is 4.79 Å². The van der Waals surface area contributed by atoms with E-state index in [4.69, 9.17) is 0 Å². The van der Waals surface area contributed by atoms with Crippen molar-refractivity contribution in [2.45, 2.75) is 46.2 Å². The number of carbonyl (C=O) groups excluding carboxylic acids is 1. The lowest BCUT2D eigenvalue weighted by atomic mass is 10.2. The molecule has 2 N–H and O–H groups in total. The number of rotatable bonds is 4. The van der Waals surface area contributed by atoms with Gasteiger partial charge in [-0.05, 0) is 26.2 Å². The van der Waals surface area contributed by atoms with Crippen LogP contribution in [0.1, 0.15) is 34.1 Å². The number of thioether (sulfide) groups is 1. The topological polar surface area (TPSA) is 53.5 Å². The highest BCUT2D eigenvalue weighted by Crippen LogP contribution is 2.15. The molecule has 0 aromatic rings. The molecule has 0 aromatic carbocycles. The summed E-state index contributed by atoms with van der Waals surface area (Å²) in [6, 6.07) is 0.148. The van der Waals surface area contributed by atoms with Gasteiger partial charge >= 0.3 is 0 Å². The molecule has 4 nitrogen and oxygen atoms in total. The van der Waals surface area contributed by atoms with Crippen LogP contribution in [0.4, 0.5) is 0 Å². The average molecular weight is 257 g/mol. The fraction of sp³-hybridized carbons (Fsp3) is 0.833. The number of nitrogens with zero attached hydrogens (tertiary/aromatic N) is 1. The number of aliphatic imine (C=N–C) groups is 1. The largest absolute Gasteiger partial charge is 0.354 e. The van der Waals surface area contributed by atoms with Gasteiger partial charge in [-0.25, -0.2) is 0 Å². The second kappa shape index (κ2) is 6.89. The third-order valence-electron chi connectivity index (χ3n) is 2.53. The summed E-state index contributed by atoms with van der Waals surface area (Å²) in [5.41, 5.74) is 0. The minimum absolute atomic E-state index is 0.0419. The SMILES string of the molecule is CC(C)CNC(=O)C(C)NC1=NC(C)CCS1. The summed E-state index contributed by atoms with van der Waals surface area (Å²) in [6.07, 6.45) is 1.11. The molecule has 1 rings (SSSR count). The summed E-state index contributed by atoms with van der Waals surface area (Å²) in [7, 11) is 0. The Morgan fingerprint density at radius 3 is 2.82 bits per heavy atom. The van der Waals surface area contributed by atoms with Crippen LogP contribution in [-0.4, -0.2) is 35.5 Å². The van der Waals surface area contributed by atoms with Gasteiger partial charge < -0.3 is 10.6 Å². The van der Waals surface area contributed by atoms with Crippen molar-refractivity contribution in [3.63, 3.8) is 0 Å². The highest BCUT2D eigenvalue weighted by molar-refractivity contribution is 8.13. The predicted octanol–water partition coefficient (Wildman–Crippen LogP) is 1.62. The average Bonchev–Trinajstić information content (AvgIpc) is 2.25. The van der Waals surface area contributed by atoms with Crippen molar-refractivity contribution in [2.24, 2.45) is 10.9 Å². The number of amidine groups is 1. The van der Waals surface area contributed by atoms with E-state index >= 15 is 0 Å². The summed E-state index contributed by atoms with van der Waals surface area (Å²) in [5, 5.41) is 6.99. The molecular weight excluding hydrogens is 234 g/mol. The van der Waals surface area contributed by atoms with E-state index < -0.39 is 0 Å². The Bertz CT molecular complexity index is 291. The van der Waals surface area contributed by atoms with E-state index in [1.807, 2.05) is 6.92 Å². The van der Waals surface area contributed by atoms with Crippen molar-refractivity contribution in [1.29, 1.82) is 0 Å². The molecule has 1 heterocycles. The standard InChI is InChI=1S/C12H23N3OS/c1-8(2)7-13-11(16)10(4)15-12-14-9(3)5-6-17-12/h8-10H,5-7H2,1-4H3,(H,13,16)(H,14,15). The van der Waals surface area contributed by atoms with E-state index in [1.54, 1.807) is 11.8 Å². The van der Waals surface area contributed by atoms with Gasteiger partial charge in [0.15, 0.2) is 5.17 Å². The maximum Gasteiger partial charge on any atom is 0.242 e. The molecule has 0 spiro atoms. The Balaban J connectivity index is 2.37. The second-order valence-electron chi connectivity index (χ2n) is 4.93. The molecule has 2 atom stereocenters. The fourth-order valence-electron chi connectivity index (χ4n) is 1.42. The van der Waals surface area contributed by atoms with Gasteiger partial charge in [0.25, 0.3) is 0 Å². The Kier molecular flexibility index (Phi) is 5.82. The number of nitrogens with one attached hydrogen (secondary N) is 2. The third-order valence-corrected chi connectivity index (χ3v) is 3.47. The molecule has 2 unspecified atom stereocenters. The van der Waals surface area contributed by atoms with Crippen LogP contribution in [0.25, 0.3) is 0 Å². The van der Waals surface area contributed by atoms with E-state index in [1.165, 1.54) is 0 Å². The van der Waals surface area contributed by atoms with E-state index in [0.717, 1.165) is 23.9 Å². The van der Waals surface area contributed by atoms with Gasteiger partial charge in [-0.15, -0.1) is 0 Å². The monoisotopic (exact) mass is 257 g/mol. The Hall–Kier alpha value is -0.710. The van der Waals surface area contributed by atoms with Crippen LogP contribution in [0.2, 0.25) is 0 Å². The van der Waals surface area contributed by atoms with Gasteiger partial charge in [0, 0.05) is 12.3 Å².